The van der Waals surface area contributed by atoms with Gasteiger partial charge in [0.25, 0.3) is 5.91 Å². The molecule has 1 heterocycles. The van der Waals surface area contributed by atoms with Crippen molar-refractivity contribution in [1.82, 2.24) is 5.32 Å². The Morgan fingerprint density at radius 1 is 1.20 bits per heavy atom. The Labute approximate surface area is 147 Å². The van der Waals surface area contributed by atoms with Crippen LogP contribution in [-0.2, 0) is 6.54 Å². The van der Waals surface area contributed by atoms with Crippen molar-refractivity contribution in [2.45, 2.75) is 44.7 Å². The second kappa shape index (κ2) is 8.37. The maximum Gasteiger partial charge on any atom is 0.291 e. The number of hydrogen-bond acceptors (Lipinski definition) is 3. The molecule has 1 aliphatic carbocycles. The molecule has 1 aliphatic rings. The molecule has 0 unspecified atom stereocenters. The van der Waals surface area contributed by atoms with Gasteiger partial charge in [-0.1, -0.05) is 31.4 Å². The number of hydrogen-bond donors (Lipinski definition) is 3. The molecule has 0 aliphatic heterocycles. The monoisotopic (exact) mass is 340 g/mol. The van der Waals surface area contributed by atoms with E-state index in [2.05, 4.69) is 15.6 Å². The number of rotatable bonds is 5. The molecular weight excluding hydrogens is 316 g/mol. The van der Waals surface area contributed by atoms with Crippen LogP contribution in [0.3, 0.4) is 0 Å². The number of anilines is 1. The minimum Gasteiger partial charge on any atom is -0.459 e. The van der Waals surface area contributed by atoms with E-state index >= 15 is 0 Å². The minimum absolute atomic E-state index is 0.274. The van der Waals surface area contributed by atoms with Crippen molar-refractivity contribution in [2.75, 3.05) is 5.32 Å². The van der Waals surface area contributed by atoms with Crippen molar-refractivity contribution >= 4 is 17.6 Å². The molecule has 6 nitrogen and oxygen atoms in total. The largest absolute Gasteiger partial charge is 0.459 e. The van der Waals surface area contributed by atoms with Crippen molar-refractivity contribution in [1.29, 1.82) is 0 Å². The Morgan fingerprint density at radius 3 is 2.80 bits per heavy atom. The Hall–Kier alpha value is -2.76. The van der Waals surface area contributed by atoms with Crippen LogP contribution in [0.2, 0.25) is 0 Å². The standard InChI is InChI=1S/C19H24N4O2/c20-19(23-15-7-2-1-3-8-15)21-13-14-6-4-9-16(12-14)22-18(24)17-10-5-11-25-17/h4-6,9-12,15H,1-3,7-8,13H2,(H,22,24)(H3,20,21,23). The van der Waals surface area contributed by atoms with Crippen LogP contribution in [-0.4, -0.2) is 17.9 Å². The van der Waals surface area contributed by atoms with E-state index in [1.807, 2.05) is 24.3 Å². The normalized spacial score (nSPS) is 15.8. The molecule has 2 aromatic rings. The molecule has 0 radical (unpaired) electrons. The van der Waals surface area contributed by atoms with Gasteiger partial charge >= 0.3 is 0 Å². The summed E-state index contributed by atoms with van der Waals surface area (Å²) in [5.41, 5.74) is 7.67. The second-order valence-corrected chi connectivity index (χ2v) is 6.31. The first-order chi connectivity index (χ1) is 12.2. The van der Waals surface area contributed by atoms with Crippen LogP contribution in [0.15, 0.2) is 52.1 Å². The summed E-state index contributed by atoms with van der Waals surface area (Å²) >= 11 is 0. The van der Waals surface area contributed by atoms with Gasteiger partial charge in [0.05, 0.1) is 12.8 Å². The predicted molar refractivity (Wildman–Crippen MR) is 98.4 cm³/mol. The average Bonchev–Trinajstić information content (AvgIpc) is 3.16. The second-order valence-electron chi connectivity index (χ2n) is 6.31. The summed E-state index contributed by atoms with van der Waals surface area (Å²) in [6.07, 6.45) is 7.60. The summed E-state index contributed by atoms with van der Waals surface area (Å²) < 4.78 is 5.09. The Morgan fingerprint density at radius 2 is 2.04 bits per heavy atom. The average molecular weight is 340 g/mol. The molecule has 3 rings (SSSR count). The highest BCUT2D eigenvalue weighted by atomic mass is 16.3. The number of benzene rings is 1. The fourth-order valence-electron chi connectivity index (χ4n) is 3.03. The summed E-state index contributed by atoms with van der Waals surface area (Å²) in [7, 11) is 0. The van der Waals surface area contributed by atoms with Gasteiger partial charge in [0, 0.05) is 11.7 Å². The SMILES string of the molecule is NC(=NCc1cccc(NC(=O)c2ccco2)c1)NC1CCCCC1. The number of carbonyl (C=O) groups is 1. The van der Waals surface area contributed by atoms with Crippen molar-refractivity contribution in [3.8, 4) is 0 Å². The highest BCUT2D eigenvalue weighted by Crippen LogP contribution is 2.17. The van der Waals surface area contributed by atoms with Crippen LogP contribution in [0.1, 0.15) is 48.2 Å². The van der Waals surface area contributed by atoms with Crippen LogP contribution in [0, 0.1) is 0 Å². The summed E-state index contributed by atoms with van der Waals surface area (Å²) in [5.74, 6) is 0.491. The molecule has 0 saturated heterocycles. The van der Waals surface area contributed by atoms with E-state index in [-0.39, 0.29) is 11.7 Å². The highest BCUT2D eigenvalue weighted by Gasteiger charge is 2.13. The van der Waals surface area contributed by atoms with Crippen molar-refractivity contribution in [3.05, 3.63) is 54.0 Å². The Balaban J connectivity index is 1.55. The number of carbonyl (C=O) groups excluding carboxylic acids is 1. The zero-order valence-electron chi connectivity index (χ0n) is 14.2. The number of nitrogens with one attached hydrogen (secondary N) is 2. The topological polar surface area (TPSA) is 92.6 Å². The summed E-state index contributed by atoms with van der Waals surface area (Å²) in [4.78, 5) is 16.4. The van der Waals surface area contributed by atoms with Gasteiger partial charge in [0.15, 0.2) is 11.7 Å². The van der Waals surface area contributed by atoms with Gasteiger partial charge in [-0.15, -0.1) is 0 Å². The lowest BCUT2D eigenvalue weighted by molar-refractivity contribution is 0.0996. The summed E-state index contributed by atoms with van der Waals surface area (Å²) in [5, 5.41) is 6.11. The van der Waals surface area contributed by atoms with Gasteiger partial charge in [-0.25, -0.2) is 4.99 Å². The van der Waals surface area contributed by atoms with E-state index < -0.39 is 0 Å². The molecule has 6 heteroatoms. The maximum absolute atomic E-state index is 12.0. The van der Waals surface area contributed by atoms with E-state index in [9.17, 15) is 4.79 Å². The van der Waals surface area contributed by atoms with Crippen LogP contribution >= 0.6 is 0 Å². The van der Waals surface area contributed by atoms with Crippen molar-refractivity contribution in [2.24, 2.45) is 10.7 Å². The lowest BCUT2D eigenvalue weighted by atomic mass is 9.96. The van der Waals surface area contributed by atoms with Crippen LogP contribution < -0.4 is 16.4 Å². The molecule has 1 saturated carbocycles. The van der Waals surface area contributed by atoms with Gasteiger partial charge in [0.2, 0.25) is 0 Å². The fourth-order valence-corrected chi connectivity index (χ4v) is 3.03. The zero-order chi connectivity index (χ0) is 17.5. The predicted octanol–water partition coefficient (Wildman–Crippen LogP) is 3.27. The first kappa shape index (κ1) is 17.1. The molecule has 1 fully saturated rings. The minimum atomic E-state index is -0.274. The maximum atomic E-state index is 12.0. The van der Waals surface area contributed by atoms with Crippen molar-refractivity contribution in [3.63, 3.8) is 0 Å². The smallest absolute Gasteiger partial charge is 0.291 e. The first-order valence-corrected chi connectivity index (χ1v) is 8.71. The van der Waals surface area contributed by atoms with Crippen molar-refractivity contribution < 1.29 is 9.21 Å². The Kier molecular flexibility index (Phi) is 5.72. The van der Waals surface area contributed by atoms with E-state index in [0.29, 0.717) is 24.2 Å². The van der Waals surface area contributed by atoms with E-state index in [1.165, 1.54) is 25.5 Å². The third-order valence-corrected chi connectivity index (χ3v) is 4.32. The molecule has 0 bridgehead atoms. The number of nitrogens with two attached hydrogens (primary N) is 1. The third-order valence-electron chi connectivity index (χ3n) is 4.32. The molecule has 132 valence electrons. The molecule has 1 amide bonds. The van der Waals surface area contributed by atoms with E-state index in [4.69, 9.17) is 10.2 Å². The number of guanidine groups is 1. The summed E-state index contributed by atoms with van der Waals surface area (Å²) in [6, 6.07) is 11.3. The molecule has 1 aromatic carbocycles. The van der Waals surface area contributed by atoms with Crippen LogP contribution in [0.5, 0.6) is 0 Å². The quantitative estimate of drug-likeness (QED) is 0.575. The Bertz CT molecular complexity index is 719. The number of amides is 1. The number of furan rings is 1. The summed E-state index contributed by atoms with van der Waals surface area (Å²) in [6.45, 7) is 0.468. The highest BCUT2D eigenvalue weighted by molar-refractivity contribution is 6.02. The fraction of sp³-hybridized carbons (Fsp3) is 0.368. The van der Waals surface area contributed by atoms with Crippen LogP contribution in [0.25, 0.3) is 0 Å². The van der Waals surface area contributed by atoms with Gasteiger partial charge in [-0.05, 0) is 42.7 Å². The van der Waals surface area contributed by atoms with Crippen LogP contribution in [0.4, 0.5) is 5.69 Å². The van der Waals surface area contributed by atoms with Gasteiger partial charge in [-0.2, -0.15) is 0 Å². The molecule has 0 spiro atoms. The number of nitrogens with zero attached hydrogens (tertiary/aromatic N) is 1. The number of aliphatic imine (C=N–C) groups is 1. The molecule has 0 atom stereocenters. The van der Waals surface area contributed by atoms with E-state index in [0.717, 1.165) is 18.4 Å². The van der Waals surface area contributed by atoms with Gasteiger partial charge in [-0.3, -0.25) is 4.79 Å². The van der Waals surface area contributed by atoms with Gasteiger partial charge in [0.1, 0.15) is 0 Å². The van der Waals surface area contributed by atoms with E-state index in [1.54, 1.807) is 12.1 Å². The van der Waals surface area contributed by atoms with Gasteiger partial charge < -0.3 is 20.8 Å². The molecular formula is C19H24N4O2. The molecule has 25 heavy (non-hydrogen) atoms. The third kappa shape index (κ3) is 5.11. The lowest BCUT2D eigenvalue weighted by Gasteiger charge is -2.23. The zero-order valence-corrected chi connectivity index (χ0v) is 14.2. The molecule has 1 aromatic heterocycles. The first-order valence-electron chi connectivity index (χ1n) is 8.71. The molecule has 4 N–H and O–H groups in total. The lowest BCUT2D eigenvalue weighted by Crippen LogP contribution is -2.41.